The quantitative estimate of drug-likeness (QED) is 0.691. The van der Waals surface area contributed by atoms with Crippen LogP contribution in [0.4, 0.5) is 0 Å². The number of aromatic nitrogens is 3. The molecule has 1 fully saturated rings. The monoisotopic (exact) mass is 368 g/mol. The first-order valence-corrected chi connectivity index (χ1v) is 9.97. The van der Waals surface area contributed by atoms with Crippen molar-refractivity contribution in [3.05, 3.63) is 46.2 Å². The second-order valence-electron chi connectivity index (χ2n) is 7.23. The van der Waals surface area contributed by atoms with E-state index in [9.17, 15) is 4.79 Å². The van der Waals surface area contributed by atoms with E-state index in [0.29, 0.717) is 12.3 Å². The Labute approximate surface area is 157 Å². The number of pyridine rings is 1. The van der Waals surface area contributed by atoms with E-state index in [1.165, 1.54) is 28.8 Å². The number of Topliss-reactive ketones (excluding diaryl/α,β-unsaturated/α-hetero) is 1. The van der Waals surface area contributed by atoms with E-state index in [-0.39, 0.29) is 5.78 Å². The molecule has 1 aliphatic heterocycles. The number of fused-ring (bicyclic) bond motifs is 1. The molecule has 1 atom stereocenters. The summed E-state index contributed by atoms with van der Waals surface area (Å²) in [6.45, 7) is 4.73. The van der Waals surface area contributed by atoms with E-state index >= 15 is 0 Å². The number of carbonyl (C=O) groups excluding carboxylic acids is 1. The molecule has 0 radical (unpaired) electrons. The summed E-state index contributed by atoms with van der Waals surface area (Å²) in [5.74, 6) is 0.709. The van der Waals surface area contributed by atoms with Crippen molar-refractivity contribution in [1.82, 2.24) is 19.4 Å². The van der Waals surface area contributed by atoms with Crippen LogP contribution in [0.15, 0.2) is 30.7 Å². The molecular weight excluding hydrogens is 344 g/mol. The molecular formula is C20H24N4OS. The number of hydrogen-bond donors (Lipinski definition) is 0. The second kappa shape index (κ2) is 7.29. The lowest BCUT2D eigenvalue weighted by Crippen LogP contribution is -2.33. The lowest BCUT2D eigenvalue weighted by atomic mass is 9.90. The maximum absolute atomic E-state index is 11.3. The van der Waals surface area contributed by atoms with Crippen molar-refractivity contribution in [2.45, 2.75) is 38.6 Å². The number of thiazole rings is 1. The van der Waals surface area contributed by atoms with Crippen molar-refractivity contribution >= 4 is 28.2 Å². The average Bonchev–Trinajstić information content (AvgIpc) is 3.21. The van der Waals surface area contributed by atoms with E-state index in [4.69, 9.17) is 0 Å². The third-order valence-corrected chi connectivity index (χ3v) is 6.10. The number of ketones is 1. The predicted molar refractivity (Wildman–Crippen MR) is 104 cm³/mol. The lowest BCUT2D eigenvalue weighted by Gasteiger charge is -2.33. The number of rotatable bonds is 5. The van der Waals surface area contributed by atoms with E-state index in [1.807, 2.05) is 12.4 Å². The molecule has 5 nitrogen and oxygen atoms in total. The number of nitrogens with zero attached hydrogens (tertiary/aromatic N) is 4. The molecule has 3 aromatic heterocycles. The second-order valence-corrected chi connectivity index (χ2v) is 8.43. The molecule has 0 spiro atoms. The molecule has 0 saturated carbocycles. The van der Waals surface area contributed by atoms with Crippen molar-refractivity contribution in [3.8, 4) is 0 Å². The maximum Gasteiger partial charge on any atom is 0.136 e. The molecule has 4 heterocycles. The van der Waals surface area contributed by atoms with Gasteiger partial charge >= 0.3 is 0 Å². The van der Waals surface area contributed by atoms with E-state index < -0.39 is 0 Å². The fourth-order valence-corrected chi connectivity index (χ4v) is 5.00. The van der Waals surface area contributed by atoms with Crippen LogP contribution in [0.5, 0.6) is 0 Å². The van der Waals surface area contributed by atoms with Crippen LogP contribution in [0.25, 0.3) is 11.0 Å². The summed E-state index contributed by atoms with van der Waals surface area (Å²) in [5, 5.41) is 0.931. The Balaban J connectivity index is 1.50. The molecule has 0 amide bonds. The van der Waals surface area contributed by atoms with Crippen molar-refractivity contribution in [2.24, 2.45) is 7.05 Å². The van der Waals surface area contributed by atoms with Gasteiger partial charge in [-0.25, -0.2) is 4.98 Å². The highest BCUT2D eigenvalue weighted by Gasteiger charge is 2.24. The van der Waals surface area contributed by atoms with Gasteiger partial charge in [0.25, 0.3) is 0 Å². The third kappa shape index (κ3) is 3.57. The highest BCUT2D eigenvalue weighted by atomic mass is 32.1. The minimum atomic E-state index is 0.174. The van der Waals surface area contributed by atoms with Gasteiger partial charge in [0.1, 0.15) is 10.8 Å². The molecule has 4 rings (SSSR count). The van der Waals surface area contributed by atoms with Crippen LogP contribution in [0.2, 0.25) is 0 Å². The Morgan fingerprint density at radius 1 is 1.35 bits per heavy atom. The predicted octanol–water partition coefficient (Wildman–Crippen LogP) is 3.54. The normalized spacial score (nSPS) is 18.5. The van der Waals surface area contributed by atoms with Gasteiger partial charge in [0, 0.05) is 43.6 Å². The van der Waals surface area contributed by atoms with E-state index in [1.54, 1.807) is 18.3 Å². The Morgan fingerprint density at radius 3 is 3.08 bits per heavy atom. The van der Waals surface area contributed by atoms with Crippen LogP contribution >= 0.6 is 11.3 Å². The summed E-state index contributed by atoms with van der Waals surface area (Å²) < 4.78 is 2.19. The maximum atomic E-state index is 11.3. The van der Waals surface area contributed by atoms with Gasteiger partial charge in [-0.1, -0.05) is 0 Å². The lowest BCUT2D eigenvalue weighted by molar-refractivity contribution is -0.116. The van der Waals surface area contributed by atoms with Crippen LogP contribution in [0.3, 0.4) is 0 Å². The molecule has 3 aromatic rings. The summed E-state index contributed by atoms with van der Waals surface area (Å²) in [7, 11) is 2.10. The molecule has 0 N–H and O–H groups in total. The van der Waals surface area contributed by atoms with Crippen LogP contribution in [-0.2, 0) is 24.8 Å². The molecule has 1 aliphatic rings. The summed E-state index contributed by atoms with van der Waals surface area (Å²) in [4.78, 5) is 24.0. The number of aryl methyl sites for hydroxylation is 1. The molecule has 0 bridgehead atoms. The van der Waals surface area contributed by atoms with Crippen molar-refractivity contribution < 1.29 is 4.79 Å². The third-order valence-electron chi connectivity index (χ3n) is 5.12. The molecule has 1 saturated heterocycles. The zero-order valence-corrected chi connectivity index (χ0v) is 16.1. The fraction of sp³-hybridized carbons (Fsp3) is 0.450. The average molecular weight is 369 g/mol. The zero-order chi connectivity index (χ0) is 18.1. The first-order chi connectivity index (χ1) is 12.6. The molecule has 0 unspecified atom stereocenters. The van der Waals surface area contributed by atoms with Crippen LogP contribution in [-0.4, -0.2) is 38.3 Å². The number of hydrogen-bond acceptors (Lipinski definition) is 5. The zero-order valence-electron chi connectivity index (χ0n) is 15.3. The van der Waals surface area contributed by atoms with E-state index in [0.717, 1.165) is 30.2 Å². The van der Waals surface area contributed by atoms with Gasteiger partial charge in [-0.15, -0.1) is 11.3 Å². The molecule has 0 aliphatic carbocycles. The first kappa shape index (κ1) is 17.4. The molecule has 6 heteroatoms. The molecule has 0 aromatic carbocycles. The van der Waals surface area contributed by atoms with Crippen molar-refractivity contribution in [3.63, 3.8) is 0 Å². The van der Waals surface area contributed by atoms with Gasteiger partial charge in [-0.05, 0) is 49.9 Å². The topological polar surface area (TPSA) is 51.0 Å². The molecule has 26 heavy (non-hydrogen) atoms. The fourth-order valence-electron chi connectivity index (χ4n) is 3.97. The first-order valence-electron chi connectivity index (χ1n) is 9.15. The van der Waals surface area contributed by atoms with Crippen LogP contribution in [0, 0.1) is 0 Å². The summed E-state index contributed by atoms with van der Waals surface area (Å²) in [6.07, 6.45) is 8.85. The molecule has 136 valence electrons. The van der Waals surface area contributed by atoms with Gasteiger partial charge in [0.05, 0.1) is 17.5 Å². The van der Waals surface area contributed by atoms with Gasteiger partial charge in [0.2, 0.25) is 0 Å². The minimum Gasteiger partial charge on any atom is -0.349 e. The smallest absolute Gasteiger partial charge is 0.136 e. The number of carbonyl (C=O) groups is 1. The van der Waals surface area contributed by atoms with Gasteiger partial charge in [-0.3, -0.25) is 14.7 Å². The van der Waals surface area contributed by atoms with Gasteiger partial charge < -0.3 is 4.57 Å². The van der Waals surface area contributed by atoms with Crippen molar-refractivity contribution in [1.29, 1.82) is 0 Å². The largest absolute Gasteiger partial charge is 0.349 e. The standard InChI is InChI=1S/C20H24N4OS/c1-14(25)10-19-22-11-16(26-19)13-24-8-3-4-15(12-24)17-5-7-21-18-6-9-23(2)20(17)18/h5-7,9,11,15H,3-4,8,10,12-13H2,1-2H3/t15-/m0/s1. The van der Waals surface area contributed by atoms with Gasteiger partial charge in [-0.2, -0.15) is 0 Å². The SMILES string of the molecule is CC(=O)Cc1ncc(CN2CCC[C@H](c3ccnc4ccn(C)c34)C2)s1. The Kier molecular flexibility index (Phi) is 4.87. The van der Waals surface area contributed by atoms with Crippen LogP contribution < -0.4 is 0 Å². The number of likely N-dealkylation sites (tertiary alicyclic amines) is 1. The Morgan fingerprint density at radius 2 is 2.23 bits per heavy atom. The highest BCUT2D eigenvalue weighted by Crippen LogP contribution is 2.32. The van der Waals surface area contributed by atoms with E-state index in [2.05, 4.69) is 44.8 Å². The Bertz CT molecular complexity index is 929. The summed E-state index contributed by atoms with van der Waals surface area (Å²) in [5.41, 5.74) is 3.76. The highest BCUT2D eigenvalue weighted by molar-refractivity contribution is 7.11. The summed E-state index contributed by atoms with van der Waals surface area (Å²) in [6, 6.07) is 4.28. The summed E-state index contributed by atoms with van der Waals surface area (Å²) >= 11 is 1.67. The number of piperidine rings is 1. The Hall–Kier alpha value is -2.05. The van der Waals surface area contributed by atoms with Crippen molar-refractivity contribution in [2.75, 3.05) is 13.1 Å². The van der Waals surface area contributed by atoms with Crippen LogP contribution in [0.1, 0.15) is 41.1 Å². The van der Waals surface area contributed by atoms with Gasteiger partial charge in [0.15, 0.2) is 0 Å². The minimum absolute atomic E-state index is 0.174.